The first-order valence-corrected chi connectivity index (χ1v) is 7.00. The van der Waals surface area contributed by atoms with Crippen LogP contribution in [0.25, 0.3) is 0 Å². The number of amides is 2. The van der Waals surface area contributed by atoms with Crippen LogP contribution < -0.4 is 10.6 Å². The molecule has 4 atom stereocenters. The van der Waals surface area contributed by atoms with E-state index in [1.54, 1.807) is 0 Å². The zero-order valence-electron chi connectivity index (χ0n) is 11.8. The molecule has 2 heterocycles. The van der Waals surface area contributed by atoms with Crippen LogP contribution in [0.5, 0.6) is 0 Å². The molecule has 9 heteroatoms. The molecule has 2 saturated heterocycles. The van der Waals surface area contributed by atoms with Crippen molar-refractivity contribution in [2.75, 3.05) is 18.5 Å². The fourth-order valence-corrected chi connectivity index (χ4v) is 2.71. The summed E-state index contributed by atoms with van der Waals surface area (Å²) in [7, 11) is 0. The zero-order chi connectivity index (χ0) is 16.6. The molecule has 2 amide bonds. The maximum Gasteiger partial charge on any atom is 0.416 e. The van der Waals surface area contributed by atoms with E-state index >= 15 is 0 Å². The molecule has 2 aliphatic rings. The van der Waals surface area contributed by atoms with Crippen LogP contribution in [0, 0.1) is 0 Å². The van der Waals surface area contributed by atoms with E-state index < -0.39 is 42.1 Å². The summed E-state index contributed by atoms with van der Waals surface area (Å²) in [5.74, 6) is 0. The van der Waals surface area contributed by atoms with Gasteiger partial charge in [0, 0.05) is 5.69 Å². The third kappa shape index (κ3) is 3.41. The van der Waals surface area contributed by atoms with E-state index in [1.807, 2.05) is 0 Å². The van der Waals surface area contributed by atoms with Gasteiger partial charge in [-0.2, -0.15) is 13.2 Å². The van der Waals surface area contributed by atoms with Crippen LogP contribution in [0.1, 0.15) is 5.56 Å². The molecule has 0 radical (unpaired) electrons. The van der Waals surface area contributed by atoms with Crippen molar-refractivity contribution >= 4 is 11.7 Å². The average molecular weight is 332 g/mol. The van der Waals surface area contributed by atoms with E-state index in [0.717, 1.165) is 12.1 Å². The van der Waals surface area contributed by atoms with Crippen LogP contribution in [-0.4, -0.2) is 48.7 Å². The molecule has 3 N–H and O–H groups in total. The zero-order valence-corrected chi connectivity index (χ0v) is 11.8. The first-order chi connectivity index (χ1) is 10.8. The topological polar surface area (TPSA) is 79.8 Å². The highest BCUT2D eigenvalue weighted by Crippen LogP contribution is 2.31. The Hall–Kier alpha value is -1.84. The van der Waals surface area contributed by atoms with E-state index in [-0.39, 0.29) is 18.9 Å². The van der Waals surface area contributed by atoms with E-state index in [4.69, 9.17) is 9.47 Å². The molecule has 0 bridgehead atoms. The summed E-state index contributed by atoms with van der Waals surface area (Å²) >= 11 is 0. The standard InChI is InChI=1S/C14H15F3N2O4/c15-14(16,17)7-2-1-3-8(4-7)18-13(21)19-9-5-22-12-10(20)6-23-11(9)12/h1-4,9-12,20H,5-6H2,(H2,18,19,21)/t9-,10-,11-,12+/m1/s1. The number of aliphatic hydroxyl groups is 1. The van der Waals surface area contributed by atoms with Gasteiger partial charge in [0.25, 0.3) is 0 Å². The molecule has 0 unspecified atom stereocenters. The van der Waals surface area contributed by atoms with Crippen LogP contribution in [0.15, 0.2) is 24.3 Å². The van der Waals surface area contributed by atoms with E-state index in [2.05, 4.69) is 10.6 Å². The third-order valence-corrected chi connectivity index (χ3v) is 3.79. The number of urea groups is 1. The Balaban J connectivity index is 1.60. The fraction of sp³-hybridized carbons (Fsp3) is 0.500. The number of carbonyl (C=O) groups is 1. The maximum atomic E-state index is 12.6. The molecule has 23 heavy (non-hydrogen) atoms. The normalized spacial score (nSPS) is 30.1. The van der Waals surface area contributed by atoms with Crippen LogP contribution in [0.2, 0.25) is 0 Å². The molecular weight excluding hydrogens is 317 g/mol. The molecule has 2 fully saturated rings. The van der Waals surface area contributed by atoms with Gasteiger partial charge in [-0.3, -0.25) is 0 Å². The average Bonchev–Trinajstić information content (AvgIpc) is 3.03. The number of rotatable bonds is 2. The Kier molecular flexibility index (Phi) is 4.17. The van der Waals surface area contributed by atoms with Gasteiger partial charge in [-0.1, -0.05) is 6.07 Å². The Labute approximate surface area is 129 Å². The van der Waals surface area contributed by atoms with Crippen molar-refractivity contribution in [3.05, 3.63) is 29.8 Å². The van der Waals surface area contributed by atoms with Crippen molar-refractivity contribution in [1.29, 1.82) is 0 Å². The van der Waals surface area contributed by atoms with Crippen LogP contribution in [0.4, 0.5) is 23.7 Å². The Morgan fingerprint density at radius 3 is 2.70 bits per heavy atom. The van der Waals surface area contributed by atoms with E-state index in [9.17, 15) is 23.1 Å². The number of carbonyl (C=O) groups excluding carboxylic acids is 1. The van der Waals surface area contributed by atoms with Gasteiger partial charge in [0.2, 0.25) is 0 Å². The molecule has 0 spiro atoms. The number of aliphatic hydroxyl groups excluding tert-OH is 1. The second-order valence-electron chi connectivity index (χ2n) is 5.45. The highest BCUT2D eigenvalue weighted by Gasteiger charge is 2.47. The molecule has 1 aromatic carbocycles. The van der Waals surface area contributed by atoms with Gasteiger partial charge in [0.05, 0.1) is 24.8 Å². The van der Waals surface area contributed by atoms with Gasteiger partial charge in [-0.05, 0) is 18.2 Å². The molecular formula is C14H15F3N2O4. The number of alkyl halides is 3. The largest absolute Gasteiger partial charge is 0.416 e. The number of benzene rings is 1. The molecule has 1 aromatic rings. The number of ether oxygens (including phenoxy) is 2. The van der Waals surface area contributed by atoms with Crippen molar-refractivity contribution in [3.63, 3.8) is 0 Å². The first kappa shape index (κ1) is 16.0. The van der Waals surface area contributed by atoms with E-state index in [0.29, 0.717) is 0 Å². The van der Waals surface area contributed by atoms with Gasteiger partial charge in [0.1, 0.15) is 18.3 Å². The van der Waals surface area contributed by atoms with Crippen molar-refractivity contribution in [2.45, 2.75) is 30.5 Å². The molecule has 0 aromatic heterocycles. The minimum absolute atomic E-state index is 0.0279. The van der Waals surface area contributed by atoms with E-state index in [1.165, 1.54) is 12.1 Å². The van der Waals surface area contributed by atoms with Gasteiger partial charge in [-0.15, -0.1) is 0 Å². The molecule has 3 rings (SSSR count). The highest BCUT2D eigenvalue weighted by molar-refractivity contribution is 5.89. The lowest BCUT2D eigenvalue weighted by Crippen LogP contribution is -2.46. The lowest BCUT2D eigenvalue weighted by molar-refractivity contribution is -0.137. The van der Waals surface area contributed by atoms with Gasteiger partial charge >= 0.3 is 12.2 Å². The van der Waals surface area contributed by atoms with Gasteiger partial charge < -0.3 is 25.2 Å². The van der Waals surface area contributed by atoms with Crippen molar-refractivity contribution in [2.24, 2.45) is 0 Å². The van der Waals surface area contributed by atoms with Crippen molar-refractivity contribution in [3.8, 4) is 0 Å². The summed E-state index contributed by atoms with van der Waals surface area (Å²) in [4.78, 5) is 11.9. The number of fused-ring (bicyclic) bond motifs is 1. The molecule has 0 aliphatic carbocycles. The molecule has 0 saturated carbocycles. The van der Waals surface area contributed by atoms with Crippen LogP contribution in [-0.2, 0) is 15.7 Å². The number of hydrogen-bond acceptors (Lipinski definition) is 4. The minimum atomic E-state index is -4.48. The summed E-state index contributed by atoms with van der Waals surface area (Å²) in [5.41, 5.74) is -0.818. The van der Waals surface area contributed by atoms with Crippen molar-refractivity contribution < 1.29 is 32.5 Å². The van der Waals surface area contributed by atoms with Crippen LogP contribution >= 0.6 is 0 Å². The highest BCUT2D eigenvalue weighted by atomic mass is 19.4. The van der Waals surface area contributed by atoms with Gasteiger partial charge in [0.15, 0.2) is 0 Å². The monoisotopic (exact) mass is 332 g/mol. The molecule has 2 aliphatic heterocycles. The Morgan fingerprint density at radius 2 is 1.96 bits per heavy atom. The summed E-state index contributed by atoms with van der Waals surface area (Å²) in [6.45, 7) is 0.297. The number of nitrogens with one attached hydrogen (secondary N) is 2. The number of anilines is 1. The SMILES string of the molecule is O=C(Nc1cccc(C(F)(F)F)c1)N[C@@H]1CO[C@@H]2[C@@H]1OC[C@H]2O. The summed E-state index contributed by atoms with van der Waals surface area (Å²) in [5, 5.41) is 14.5. The van der Waals surface area contributed by atoms with Gasteiger partial charge in [-0.25, -0.2) is 4.79 Å². The molecule has 6 nitrogen and oxygen atoms in total. The number of hydrogen-bond donors (Lipinski definition) is 3. The lowest BCUT2D eigenvalue weighted by atomic mass is 10.1. The van der Waals surface area contributed by atoms with Crippen LogP contribution in [0.3, 0.4) is 0 Å². The second kappa shape index (κ2) is 5.99. The Morgan fingerprint density at radius 1 is 1.22 bits per heavy atom. The molecule has 126 valence electrons. The summed E-state index contributed by atoms with van der Waals surface area (Å²) in [6.07, 6.45) is -6.17. The number of halogens is 3. The predicted molar refractivity (Wildman–Crippen MR) is 72.9 cm³/mol. The van der Waals surface area contributed by atoms with Crippen molar-refractivity contribution in [1.82, 2.24) is 5.32 Å². The first-order valence-electron chi connectivity index (χ1n) is 7.00. The minimum Gasteiger partial charge on any atom is -0.388 e. The summed E-state index contributed by atoms with van der Waals surface area (Å²) in [6, 6.07) is 3.21. The Bertz CT molecular complexity index is 596. The predicted octanol–water partition coefficient (Wildman–Crippen LogP) is 1.35. The smallest absolute Gasteiger partial charge is 0.388 e. The summed E-state index contributed by atoms with van der Waals surface area (Å²) < 4.78 is 48.6. The quantitative estimate of drug-likeness (QED) is 0.764. The maximum absolute atomic E-state index is 12.6. The second-order valence-corrected chi connectivity index (χ2v) is 5.45. The fourth-order valence-electron chi connectivity index (χ4n) is 2.71. The lowest BCUT2D eigenvalue weighted by Gasteiger charge is -2.18. The third-order valence-electron chi connectivity index (χ3n) is 3.79.